The van der Waals surface area contributed by atoms with Crippen LogP contribution < -0.4 is 5.73 Å². The lowest BCUT2D eigenvalue weighted by molar-refractivity contribution is 0.0968. The molecule has 0 aliphatic carbocycles. The van der Waals surface area contributed by atoms with Crippen LogP contribution in [0.3, 0.4) is 0 Å². The average molecular weight is 265 g/mol. The summed E-state index contributed by atoms with van der Waals surface area (Å²) < 4.78 is 13.2. The van der Waals surface area contributed by atoms with Crippen LogP contribution in [0.25, 0.3) is 0 Å². The van der Waals surface area contributed by atoms with Gasteiger partial charge in [-0.2, -0.15) is 0 Å². The van der Waals surface area contributed by atoms with E-state index in [2.05, 4.69) is 13.8 Å². The fraction of sp³-hybridized carbons (Fsp3) is 0.562. The molecule has 1 atom stereocenters. The summed E-state index contributed by atoms with van der Waals surface area (Å²) in [6.07, 6.45) is 2.23. The van der Waals surface area contributed by atoms with Crippen LogP contribution in [-0.2, 0) is 0 Å². The van der Waals surface area contributed by atoms with Gasteiger partial charge in [0.05, 0.1) is 0 Å². The molecule has 0 radical (unpaired) electrons. The Morgan fingerprint density at radius 1 is 1.32 bits per heavy atom. The van der Waals surface area contributed by atoms with Crippen LogP contribution in [0.15, 0.2) is 18.2 Å². The molecule has 1 aromatic rings. The molecule has 106 valence electrons. The number of halogens is 1. The lowest BCUT2D eigenvalue weighted by Crippen LogP contribution is -2.16. The molecule has 3 heteroatoms. The number of hydrogen-bond acceptors (Lipinski definition) is 2. The smallest absolute Gasteiger partial charge is 0.163 e. The van der Waals surface area contributed by atoms with Crippen molar-refractivity contribution in [1.29, 1.82) is 0 Å². The topological polar surface area (TPSA) is 43.1 Å². The second-order valence-corrected chi connectivity index (χ2v) is 5.50. The van der Waals surface area contributed by atoms with Crippen molar-refractivity contribution in [2.24, 2.45) is 17.6 Å². The van der Waals surface area contributed by atoms with Gasteiger partial charge in [0.2, 0.25) is 0 Å². The summed E-state index contributed by atoms with van der Waals surface area (Å²) in [6, 6.07) is 4.38. The first-order valence-corrected chi connectivity index (χ1v) is 6.95. The van der Waals surface area contributed by atoms with Gasteiger partial charge in [-0.25, -0.2) is 4.39 Å². The van der Waals surface area contributed by atoms with E-state index in [0.717, 1.165) is 18.4 Å². The molecule has 1 unspecified atom stereocenters. The van der Waals surface area contributed by atoms with Crippen LogP contribution in [0, 0.1) is 24.6 Å². The molecule has 0 aliphatic heterocycles. The van der Waals surface area contributed by atoms with Crippen LogP contribution in [0.4, 0.5) is 4.39 Å². The summed E-state index contributed by atoms with van der Waals surface area (Å²) in [4.78, 5) is 12.2. The Hall–Kier alpha value is -1.22. The van der Waals surface area contributed by atoms with Crippen molar-refractivity contribution in [1.82, 2.24) is 0 Å². The van der Waals surface area contributed by atoms with E-state index in [0.29, 0.717) is 30.4 Å². The molecule has 0 aromatic heterocycles. The van der Waals surface area contributed by atoms with Crippen molar-refractivity contribution in [2.45, 2.75) is 40.0 Å². The summed E-state index contributed by atoms with van der Waals surface area (Å²) in [5.41, 5.74) is 6.94. The number of rotatable bonds is 7. The van der Waals surface area contributed by atoms with Gasteiger partial charge in [0.1, 0.15) is 5.82 Å². The minimum Gasteiger partial charge on any atom is -0.330 e. The zero-order valence-electron chi connectivity index (χ0n) is 12.1. The molecule has 1 aromatic carbocycles. The SMILES string of the molecule is Cc1ccc(F)cc1C(=O)CCC(CCN)C(C)C. The van der Waals surface area contributed by atoms with Gasteiger partial charge in [-0.1, -0.05) is 19.9 Å². The lowest BCUT2D eigenvalue weighted by atomic mass is 9.86. The maximum Gasteiger partial charge on any atom is 0.163 e. The number of carbonyl (C=O) groups excluding carboxylic acids is 1. The average Bonchev–Trinajstić information content (AvgIpc) is 2.36. The van der Waals surface area contributed by atoms with Gasteiger partial charge < -0.3 is 5.73 Å². The van der Waals surface area contributed by atoms with Crippen molar-refractivity contribution in [3.8, 4) is 0 Å². The summed E-state index contributed by atoms with van der Waals surface area (Å²) in [6.45, 7) is 6.79. The third-order valence-corrected chi connectivity index (χ3v) is 3.72. The fourth-order valence-electron chi connectivity index (χ4n) is 2.37. The first-order valence-electron chi connectivity index (χ1n) is 6.95. The van der Waals surface area contributed by atoms with E-state index in [1.54, 1.807) is 6.07 Å². The largest absolute Gasteiger partial charge is 0.330 e. The van der Waals surface area contributed by atoms with Gasteiger partial charge in [0.15, 0.2) is 5.78 Å². The fourth-order valence-corrected chi connectivity index (χ4v) is 2.37. The van der Waals surface area contributed by atoms with Crippen molar-refractivity contribution >= 4 is 5.78 Å². The van der Waals surface area contributed by atoms with E-state index in [1.165, 1.54) is 12.1 Å². The lowest BCUT2D eigenvalue weighted by Gasteiger charge is -2.19. The maximum absolute atomic E-state index is 13.2. The zero-order valence-corrected chi connectivity index (χ0v) is 12.1. The normalized spacial score (nSPS) is 12.7. The molecule has 2 N–H and O–H groups in total. The van der Waals surface area contributed by atoms with Crippen LogP contribution in [0.1, 0.15) is 49.0 Å². The van der Waals surface area contributed by atoms with Gasteiger partial charge >= 0.3 is 0 Å². The van der Waals surface area contributed by atoms with E-state index in [4.69, 9.17) is 5.73 Å². The number of hydrogen-bond donors (Lipinski definition) is 1. The Bertz CT molecular complexity index is 429. The molecule has 0 spiro atoms. The molecule has 0 fully saturated rings. The summed E-state index contributed by atoms with van der Waals surface area (Å²) in [7, 11) is 0. The number of Topliss-reactive ketones (excluding diaryl/α,β-unsaturated/α-hetero) is 1. The third-order valence-electron chi connectivity index (χ3n) is 3.72. The molecule has 1 rings (SSSR count). The second kappa shape index (κ2) is 7.39. The van der Waals surface area contributed by atoms with E-state index < -0.39 is 0 Å². The number of nitrogens with two attached hydrogens (primary N) is 1. The molecular weight excluding hydrogens is 241 g/mol. The number of benzene rings is 1. The molecule has 0 bridgehead atoms. The number of carbonyl (C=O) groups is 1. The van der Waals surface area contributed by atoms with E-state index in [9.17, 15) is 9.18 Å². The number of aryl methyl sites for hydroxylation is 1. The van der Waals surface area contributed by atoms with Gasteiger partial charge in [0.25, 0.3) is 0 Å². The molecular formula is C16H24FNO. The minimum absolute atomic E-state index is 0.0275. The molecule has 0 aliphatic rings. The second-order valence-electron chi connectivity index (χ2n) is 5.50. The van der Waals surface area contributed by atoms with Crippen LogP contribution >= 0.6 is 0 Å². The van der Waals surface area contributed by atoms with Gasteiger partial charge in [-0.05, 0) is 55.8 Å². The minimum atomic E-state index is -0.351. The summed E-state index contributed by atoms with van der Waals surface area (Å²) in [5, 5.41) is 0. The van der Waals surface area contributed by atoms with E-state index >= 15 is 0 Å². The highest BCUT2D eigenvalue weighted by atomic mass is 19.1. The summed E-state index contributed by atoms with van der Waals surface area (Å²) >= 11 is 0. The van der Waals surface area contributed by atoms with Crippen molar-refractivity contribution in [2.75, 3.05) is 6.54 Å². The monoisotopic (exact) mass is 265 g/mol. The summed E-state index contributed by atoms with van der Waals surface area (Å²) in [5.74, 6) is 0.656. The standard InChI is InChI=1S/C16H24FNO/c1-11(2)13(8-9-18)5-7-16(19)15-10-14(17)6-4-12(15)3/h4,6,10-11,13H,5,7-9,18H2,1-3H3. The molecule has 0 heterocycles. The Balaban J connectivity index is 2.66. The van der Waals surface area contributed by atoms with E-state index in [1.807, 2.05) is 6.92 Å². The zero-order chi connectivity index (χ0) is 14.4. The van der Waals surface area contributed by atoms with Crippen molar-refractivity contribution in [3.63, 3.8) is 0 Å². The predicted octanol–water partition coefficient (Wildman–Crippen LogP) is 3.72. The highest BCUT2D eigenvalue weighted by Gasteiger charge is 2.16. The first kappa shape index (κ1) is 15.8. The highest BCUT2D eigenvalue weighted by molar-refractivity contribution is 5.97. The number of ketones is 1. The molecule has 0 saturated carbocycles. The van der Waals surface area contributed by atoms with Gasteiger partial charge in [-0.15, -0.1) is 0 Å². The Labute approximate surface area is 115 Å². The maximum atomic E-state index is 13.2. The Kier molecular flexibility index (Phi) is 6.16. The molecule has 0 saturated heterocycles. The van der Waals surface area contributed by atoms with Crippen LogP contribution in [0.5, 0.6) is 0 Å². The predicted molar refractivity (Wildman–Crippen MR) is 76.7 cm³/mol. The van der Waals surface area contributed by atoms with Crippen LogP contribution in [-0.4, -0.2) is 12.3 Å². The molecule has 2 nitrogen and oxygen atoms in total. The van der Waals surface area contributed by atoms with E-state index in [-0.39, 0.29) is 11.6 Å². The third kappa shape index (κ3) is 4.75. The van der Waals surface area contributed by atoms with Crippen LogP contribution in [0.2, 0.25) is 0 Å². The quantitative estimate of drug-likeness (QED) is 0.764. The Morgan fingerprint density at radius 3 is 2.58 bits per heavy atom. The van der Waals surface area contributed by atoms with Gasteiger partial charge in [-0.3, -0.25) is 4.79 Å². The van der Waals surface area contributed by atoms with Crippen molar-refractivity contribution < 1.29 is 9.18 Å². The molecule has 19 heavy (non-hydrogen) atoms. The van der Waals surface area contributed by atoms with Crippen molar-refractivity contribution in [3.05, 3.63) is 35.1 Å². The molecule has 0 amide bonds. The van der Waals surface area contributed by atoms with Gasteiger partial charge in [0, 0.05) is 12.0 Å². The first-order chi connectivity index (χ1) is 8.95. The Morgan fingerprint density at radius 2 is 2.00 bits per heavy atom. The highest BCUT2D eigenvalue weighted by Crippen LogP contribution is 2.22.